The molecule has 8 heterocycles. The zero-order valence-electron chi connectivity index (χ0n) is 80.2. The van der Waals surface area contributed by atoms with Crippen molar-refractivity contribution < 1.29 is 222 Å². The number of hydrogen-bond donors (Lipinski definition) is 22. The van der Waals surface area contributed by atoms with Crippen LogP contribution in [0.5, 0.6) is 0 Å². The first-order valence-corrected chi connectivity index (χ1v) is 48.7. The van der Waals surface area contributed by atoms with Crippen LogP contribution in [0.15, 0.2) is 11.6 Å². The molecule has 138 heavy (non-hydrogen) atoms. The quantitative estimate of drug-likeness (QED) is 0.00953. The number of carbonyl (C=O) groups is 5. The molecule has 13 rings (SSSR count). The molecule has 8 saturated heterocycles. The third-order valence-corrected chi connectivity index (χ3v) is 33.5. The molecule has 0 amide bonds. The van der Waals surface area contributed by atoms with Crippen LogP contribution in [0, 0.1) is 62.1 Å². The third-order valence-electron chi connectivity index (χ3n) is 33.5. The SMILES string of the molecule is CC[C@H](C)[C@H](C[C@H](O)CC(=O)O[C@H]1[C@@H](O)[C@@H](C)O[C@@H](OC(=O)[C@]23CCC(C)(C)C[C@H]2C2=CC[C@@H]4[C@@]5(C)CC[C@H](O[C@@H]6O[C@H](C(=O)O)[C@@H](O)[C@H](O[C@@H]7OC[C@@H](O)[C@H](O)[C@H]7O)[C@H]6O[C@@H]6O[C@H](CO)[C@H](O)C(O)[C@H]6O)[C@@](C)(C=O)[C@@H]5CC[C@@]4(C)[C@]2(C)CC3)[C@@H]1O[C@@H]1O[C@@H](C)[C@H](O[C@@H]2OC[C@@H](O)[C@H](O)[C@H]2O)[C@@H](O)[C@H]1O)OC(=O)C[C@@H](O)C[C@H](O[C@@H]1O[C@@H](CO)[C@H](O)[C@H]1O[C@@H]1O[C@@H](C)[C@H](O)[C@@H](O)[C@H]1O)[C@@H](C)CC. The van der Waals surface area contributed by atoms with Crippen molar-refractivity contribution in [1.82, 2.24) is 0 Å². The highest BCUT2D eigenvalue weighted by atomic mass is 16.8. The molecule has 0 aromatic rings. The second-order valence-electron chi connectivity index (χ2n) is 42.8. The summed E-state index contributed by atoms with van der Waals surface area (Å²) >= 11 is 0. The molecule has 45 nitrogen and oxygen atoms in total. The number of hydrogen-bond acceptors (Lipinski definition) is 44. The summed E-state index contributed by atoms with van der Waals surface area (Å²) in [5.74, 6) is -6.73. The molecule has 45 heteroatoms. The second-order valence-corrected chi connectivity index (χ2v) is 42.8. The van der Waals surface area contributed by atoms with E-state index in [1.807, 2.05) is 6.92 Å². The molecule has 0 spiro atoms. The van der Waals surface area contributed by atoms with Gasteiger partial charge in [0.1, 0.15) is 153 Å². The summed E-state index contributed by atoms with van der Waals surface area (Å²) in [6.07, 6.45) is -66.5. The lowest BCUT2D eigenvalue weighted by Gasteiger charge is -2.71. The van der Waals surface area contributed by atoms with Crippen molar-refractivity contribution >= 4 is 30.2 Å². The summed E-state index contributed by atoms with van der Waals surface area (Å²) in [6.45, 7) is 21.1. The average molecular weight is 1990 g/mol. The molecule has 0 aromatic carbocycles. The Morgan fingerprint density at radius 2 is 0.964 bits per heavy atom. The predicted octanol–water partition coefficient (Wildman–Crippen LogP) is -4.27. The van der Waals surface area contributed by atoms with Gasteiger partial charge in [0, 0.05) is 12.8 Å². The number of aliphatic hydroxyl groups is 21. The van der Waals surface area contributed by atoms with Crippen LogP contribution in [0.3, 0.4) is 0 Å². The summed E-state index contributed by atoms with van der Waals surface area (Å²) in [4.78, 5) is 72.7. The van der Waals surface area contributed by atoms with E-state index in [0.29, 0.717) is 57.8 Å². The molecular formula is C93H150O45. The Morgan fingerprint density at radius 1 is 0.464 bits per heavy atom. The maximum atomic E-state index is 16.4. The standard InChI is InChI=1S/C93H150O45/c1-14-36(3)47(126-54(101)28-42(98)27-48(37(4)15-2)127-84-75(61(108)50(32-95)129-84)135-81-67(114)62(109)56(103)38(5)123-81)26-41(97)29-55(102)131-72-57(104)39(6)124-85(76(72)136-82-69(116)64(111)71(40(7)125-82)132-79-65(112)58(105)45(99)33-121-79)138-87(120)93-24-22-88(8,9)30-44(93)43-16-17-52-89(10)20-19-53(90(11,35-96)51(89)18-21-92(52,13)91(43,12)23-25-93)130-86-77(137-83-68(115)63(110)60(107)49(31-94)128-83)73(70(117)74(134-86)78(118)119)133-80-66(113)59(106)46(100)34-122-80/h16,35-42,44-53,56-77,79-86,94-95,97-100,103-117H,14-15,17-34H2,1-13H3,(H,118,119)/t36-,37-,38-,39+,40-,41-,42-,44-,45+,46+,47-,48-,49+,50-,51+,52+,53-,56-,57-,58-,59-,60-,61-,62+,63?,64-,65+,66+,67+,68+,69+,70-,71-,72-,73-,74-,75+,76+,77+,79-,80-,81-,82-,83-,84+,85-,86+,89-,90-,91+,92+,93-/m0/s1. The van der Waals surface area contributed by atoms with Gasteiger partial charge in [-0.15, -0.1) is 0 Å². The van der Waals surface area contributed by atoms with Crippen LogP contribution in [0.1, 0.15) is 193 Å². The van der Waals surface area contributed by atoms with Gasteiger partial charge in [0.05, 0.1) is 92.8 Å². The van der Waals surface area contributed by atoms with E-state index in [9.17, 15) is 132 Å². The maximum Gasteiger partial charge on any atom is 0.335 e. The Morgan fingerprint density at radius 3 is 1.56 bits per heavy atom. The fourth-order valence-electron chi connectivity index (χ4n) is 24.2. The molecule has 4 saturated carbocycles. The van der Waals surface area contributed by atoms with Gasteiger partial charge in [0.25, 0.3) is 0 Å². The van der Waals surface area contributed by atoms with Gasteiger partial charge in [0.2, 0.25) is 6.29 Å². The summed E-state index contributed by atoms with van der Waals surface area (Å²) in [5.41, 5.74) is -4.16. The number of allylic oxidation sites excluding steroid dienone is 2. The van der Waals surface area contributed by atoms with E-state index in [1.54, 1.807) is 27.7 Å². The zero-order valence-corrected chi connectivity index (χ0v) is 80.2. The Hall–Kier alpha value is -4.15. The topological polar surface area (TPSA) is 697 Å². The highest BCUT2D eigenvalue weighted by molar-refractivity contribution is 5.79. The highest BCUT2D eigenvalue weighted by Crippen LogP contribution is 2.76. The number of fused-ring (bicyclic) bond motifs is 7. The van der Waals surface area contributed by atoms with E-state index in [0.717, 1.165) is 11.9 Å². The minimum Gasteiger partial charge on any atom is -0.479 e. The van der Waals surface area contributed by atoms with Crippen molar-refractivity contribution in [2.45, 2.75) is 451 Å². The van der Waals surface area contributed by atoms with Crippen molar-refractivity contribution in [2.24, 2.45) is 62.1 Å². The van der Waals surface area contributed by atoms with Gasteiger partial charge >= 0.3 is 23.9 Å². The lowest BCUT2D eigenvalue weighted by molar-refractivity contribution is -0.391. The van der Waals surface area contributed by atoms with Crippen molar-refractivity contribution in [1.29, 1.82) is 0 Å². The Bertz CT molecular complexity index is 4080. The van der Waals surface area contributed by atoms with E-state index in [-0.39, 0.29) is 37.5 Å². The van der Waals surface area contributed by atoms with Crippen LogP contribution in [0.2, 0.25) is 0 Å². The van der Waals surface area contributed by atoms with Gasteiger partial charge in [-0.05, 0) is 136 Å². The number of ether oxygens (including phenoxy) is 18. The van der Waals surface area contributed by atoms with E-state index in [4.69, 9.17) is 85.3 Å². The summed E-state index contributed by atoms with van der Waals surface area (Å²) < 4.78 is 110. The smallest absolute Gasteiger partial charge is 0.335 e. The number of aliphatic hydroxyl groups excluding tert-OH is 21. The molecule has 5 aliphatic carbocycles. The molecule has 8 aliphatic heterocycles. The number of aliphatic carboxylic acids is 1. The van der Waals surface area contributed by atoms with E-state index >= 15 is 4.79 Å². The normalized spacial score (nSPS) is 48.8. The third kappa shape index (κ3) is 21.8. The minimum atomic E-state index is -2.25. The molecule has 13 aliphatic rings. The molecule has 0 radical (unpaired) electrons. The van der Waals surface area contributed by atoms with Crippen LogP contribution in [-0.2, 0) is 109 Å². The minimum absolute atomic E-state index is 0.0917. The largest absolute Gasteiger partial charge is 0.479 e. The average Bonchev–Trinajstić information content (AvgIpc) is 0.692. The predicted molar refractivity (Wildman–Crippen MR) is 461 cm³/mol. The molecule has 1 unspecified atom stereocenters. The number of esters is 3. The summed E-state index contributed by atoms with van der Waals surface area (Å²) in [5, 5.41) is 242. The van der Waals surface area contributed by atoms with Crippen LogP contribution in [0.4, 0.5) is 0 Å². The van der Waals surface area contributed by atoms with Crippen molar-refractivity contribution in [3.8, 4) is 0 Å². The maximum absolute atomic E-state index is 16.4. The first kappa shape index (κ1) is 111. The first-order chi connectivity index (χ1) is 64.8. The Labute approximate surface area is 799 Å². The van der Waals surface area contributed by atoms with Crippen molar-refractivity contribution in [3.05, 3.63) is 11.6 Å². The summed E-state index contributed by atoms with van der Waals surface area (Å²) in [7, 11) is 0. The molecular weight excluding hydrogens is 1840 g/mol. The highest BCUT2D eigenvalue weighted by Gasteiger charge is 2.72. The lowest BCUT2D eigenvalue weighted by Crippen LogP contribution is -2.69. The van der Waals surface area contributed by atoms with Crippen LogP contribution >= 0.6 is 0 Å². The zero-order chi connectivity index (χ0) is 101. The Kier molecular flexibility index (Phi) is 35.8. The monoisotopic (exact) mass is 1990 g/mol. The fourth-order valence-corrected chi connectivity index (χ4v) is 24.2. The number of carbonyl (C=O) groups excluding carboxylic acids is 4. The van der Waals surface area contributed by atoms with Gasteiger partial charge in [-0.3, -0.25) is 14.4 Å². The first-order valence-electron chi connectivity index (χ1n) is 48.7. The van der Waals surface area contributed by atoms with Crippen LogP contribution in [0.25, 0.3) is 0 Å². The summed E-state index contributed by atoms with van der Waals surface area (Å²) in [6, 6.07) is 0. The van der Waals surface area contributed by atoms with Gasteiger partial charge in [-0.1, -0.05) is 93.7 Å². The molecule has 52 atom stereocenters. The van der Waals surface area contributed by atoms with E-state index in [1.165, 1.54) is 20.8 Å². The lowest BCUT2D eigenvalue weighted by atomic mass is 9.33. The van der Waals surface area contributed by atoms with Gasteiger partial charge in [-0.25, -0.2) is 4.79 Å². The van der Waals surface area contributed by atoms with Crippen molar-refractivity contribution in [3.63, 3.8) is 0 Å². The van der Waals surface area contributed by atoms with E-state index in [2.05, 4.69) is 40.7 Å². The number of rotatable bonds is 34. The molecule has 792 valence electrons. The van der Waals surface area contributed by atoms with E-state index < -0.39 is 378 Å². The fraction of sp³-hybridized carbons (Fsp3) is 0.925. The van der Waals surface area contributed by atoms with Gasteiger partial charge in [0.15, 0.2) is 62.3 Å². The molecule has 0 aromatic heterocycles. The molecule has 0 bridgehead atoms. The van der Waals surface area contributed by atoms with Gasteiger partial charge < -0.3 is 202 Å². The molecule has 12 fully saturated rings. The number of carboxylic acid groups (broad SMARTS) is 1. The number of carboxylic acids is 1. The van der Waals surface area contributed by atoms with Gasteiger partial charge in [-0.2, -0.15) is 0 Å². The Balaban J connectivity index is 0.734. The van der Waals surface area contributed by atoms with Crippen molar-refractivity contribution in [2.75, 3.05) is 26.4 Å². The second kappa shape index (κ2) is 44.5. The van der Waals surface area contributed by atoms with Crippen LogP contribution in [-0.4, -0.2) is 427 Å². The van der Waals surface area contributed by atoms with Crippen LogP contribution < -0.4 is 0 Å². The molecule has 22 N–H and O–H groups in total. The number of aldehydes is 1.